The van der Waals surface area contributed by atoms with Gasteiger partial charge < -0.3 is 0 Å². The predicted octanol–water partition coefficient (Wildman–Crippen LogP) is 4.59. The van der Waals surface area contributed by atoms with E-state index in [1.807, 2.05) is 12.1 Å². The molecule has 0 N–H and O–H groups in total. The molecule has 5 nitrogen and oxygen atoms in total. The van der Waals surface area contributed by atoms with E-state index in [2.05, 4.69) is 5.10 Å². The minimum atomic E-state index is -4.43. The van der Waals surface area contributed by atoms with E-state index < -0.39 is 21.8 Å². The first kappa shape index (κ1) is 21.9. The Bertz CT molecular complexity index is 1200. The molecule has 0 amide bonds. The van der Waals surface area contributed by atoms with Crippen molar-refractivity contribution in [2.75, 3.05) is 12.8 Å². The van der Waals surface area contributed by atoms with Crippen LogP contribution < -0.4 is 0 Å². The largest absolute Gasteiger partial charge is 0.416 e. The number of hydrogen-bond acceptors (Lipinski definition) is 3. The van der Waals surface area contributed by atoms with Gasteiger partial charge in [0.1, 0.15) is 0 Å². The van der Waals surface area contributed by atoms with Crippen LogP contribution in [0.3, 0.4) is 0 Å². The molecule has 0 radical (unpaired) electrons. The number of fused-ring (bicyclic) bond motifs is 1. The van der Waals surface area contributed by atoms with Gasteiger partial charge in [-0.1, -0.05) is 35.9 Å². The zero-order valence-electron chi connectivity index (χ0n) is 16.5. The first-order valence-corrected chi connectivity index (χ1v) is 11.7. The van der Waals surface area contributed by atoms with Crippen LogP contribution in [0.15, 0.2) is 48.5 Å². The van der Waals surface area contributed by atoms with Crippen molar-refractivity contribution < 1.29 is 21.6 Å². The topological polar surface area (TPSA) is 55.2 Å². The third-order valence-electron chi connectivity index (χ3n) is 5.30. The highest BCUT2D eigenvalue weighted by Gasteiger charge is 2.32. The first-order valence-electron chi connectivity index (χ1n) is 9.48. The molecule has 164 valence electrons. The van der Waals surface area contributed by atoms with Gasteiger partial charge in [-0.3, -0.25) is 4.68 Å². The Kier molecular flexibility index (Phi) is 5.61. The molecule has 0 saturated heterocycles. The number of rotatable bonds is 4. The third-order valence-corrected chi connectivity index (χ3v) is 6.80. The second kappa shape index (κ2) is 7.96. The van der Waals surface area contributed by atoms with Crippen molar-refractivity contribution in [2.45, 2.75) is 25.7 Å². The van der Waals surface area contributed by atoms with Gasteiger partial charge in [0.15, 0.2) is 0 Å². The van der Waals surface area contributed by atoms with Gasteiger partial charge in [-0.25, -0.2) is 8.42 Å². The van der Waals surface area contributed by atoms with Crippen LogP contribution >= 0.6 is 11.6 Å². The molecule has 2 aromatic carbocycles. The first-order chi connectivity index (χ1) is 14.5. The Labute approximate surface area is 183 Å². The molecule has 2 heterocycles. The maximum Gasteiger partial charge on any atom is 0.416 e. The molecule has 0 spiro atoms. The average molecular weight is 470 g/mol. The fourth-order valence-corrected chi connectivity index (χ4v) is 4.60. The second-order valence-electron chi connectivity index (χ2n) is 7.48. The molecule has 31 heavy (non-hydrogen) atoms. The van der Waals surface area contributed by atoms with E-state index >= 15 is 0 Å². The molecule has 1 aliphatic rings. The minimum absolute atomic E-state index is 0.130. The molecule has 0 saturated carbocycles. The van der Waals surface area contributed by atoms with Crippen molar-refractivity contribution in [3.05, 3.63) is 75.9 Å². The van der Waals surface area contributed by atoms with Crippen molar-refractivity contribution in [1.82, 2.24) is 14.1 Å². The van der Waals surface area contributed by atoms with Crippen molar-refractivity contribution >= 4 is 21.6 Å². The van der Waals surface area contributed by atoms with Gasteiger partial charge in [-0.2, -0.15) is 22.6 Å². The maximum atomic E-state index is 13.0. The molecule has 0 fully saturated rings. The monoisotopic (exact) mass is 469 g/mol. The molecule has 0 unspecified atom stereocenters. The number of hydrogen-bond donors (Lipinski definition) is 0. The smallest absolute Gasteiger partial charge is 0.264 e. The lowest BCUT2D eigenvalue weighted by molar-refractivity contribution is -0.137. The summed E-state index contributed by atoms with van der Waals surface area (Å²) in [4.78, 5) is 0. The standard InChI is InChI=1S/C21H19ClF3N3O2S/c1-31(29,30)27-11-10-19-18(13-27)20(15-4-6-16(7-5-15)21(23,24)25)26-28(19)12-14-2-8-17(22)9-3-14/h2-9H,10-13H2,1H3. The lowest BCUT2D eigenvalue weighted by Crippen LogP contribution is -2.35. The normalized spacial score (nSPS) is 15.1. The minimum Gasteiger partial charge on any atom is -0.264 e. The fourth-order valence-electron chi connectivity index (χ4n) is 3.69. The fraction of sp³-hybridized carbons (Fsp3) is 0.286. The summed E-state index contributed by atoms with van der Waals surface area (Å²) in [6.45, 7) is 0.898. The van der Waals surface area contributed by atoms with Crippen LogP contribution in [0.2, 0.25) is 5.02 Å². The van der Waals surface area contributed by atoms with Crippen molar-refractivity contribution in [3.63, 3.8) is 0 Å². The summed E-state index contributed by atoms with van der Waals surface area (Å²) in [6, 6.07) is 12.1. The highest BCUT2D eigenvalue weighted by molar-refractivity contribution is 7.88. The SMILES string of the molecule is CS(=O)(=O)N1CCc2c(c(-c3ccc(C(F)(F)F)cc3)nn2Cc2ccc(Cl)cc2)C1. The van der Waals surface area contributed by atoms with Crippen molar-refractivity contribution in [2.24, 2.45) is 0 Å². The maximum absolute atomic E-state index is 13.0. The van der Waals surface area contributed by atoms with E-state index in [9.17, 15) is 21.6 Å². The van der Waals surface area contributed by atoms with Crippen LogP contribution in [0.5, 0.6) is 0 Å². The molecule has 0 aliphatic carbocycles. The lowest BCUT2D eigenvalue weighted by Gasteiger charge is -2.25. The van der Waals surface area contributed by atoms with Gasteiger partial charge in [-0.15, -0.1) is 0 Å². The summed E-state index contributed by atoms with van der Waals surface area (Å²) in [7, 11) is -3.42. The molecule has 0 bridgehead atoms. The zero-order chi connectivity index (χ0) is 22.4. The van der Waals surface area contributed by atoms with Crippen LogP contribution in [-0.2, 0) is 35.7 Å². The van der Waals surface area contributed by atoms with Crippen LogP contribution in [0.25, 0.3) is 11.3 Å². The molecular formula is C21H19ClF3N3O2S. The summed E-state index contributed by atoms with van der Waals surface area (Å²) in [5, 5.41) is 5.28. The quantitative estimate of drug-likeness (QED) is 0.561. The summed E-state index contributed by atoms with van der Waals surface area (Å²) in [6.07, 6.45) is -2.82. The van der Waals surface area contributed by atoms with Crippen LogP contribution in [0.1, 0.15) is 22.4 Å². The Morgan fingerprint density at radius 3 is 2.29 bits per heavy atom. The predicted molar refractivity (Wildman–Crippen MR) is 112 cm³/mol. The molecule has 10 heteroatoms. The second-order valence-corrected chi connectivity index (χ2v) is 9.90. The average Bonchev–Trinajstić information content (AvgIpc) is 3.06. The number of sulfonamides is 1. The van der Waals surface area contributed by atoms with Gasteiger partial charge in [0.25, 0.3) is 0 Å². The van der Waals surface area contributed by atoms with E-state index in [4.69, 9.17) is 11.6 Å². The van der Waals surface area contributed by atoms with Crippen LogP contribution in [0, 0.1) is 0 Å². The van der Waals surface area contributed by atoms with Gasteiger partial charge in [0.05, 0.1) is 24.1 Å². The number of benzene rings is 2. The van der Waals surface area contributed by atoms with Gasteiger partial charge in [0.2, 0.25) is 10.0 Å². The summed E-state index contributed by atoms with van der Waals surface area (Å²) in [5.41, 5.74) is 2.80. The van der Waals surface area contributed by atoms with Gasteiger partial charge in [0, 0.05) is 41.4 Å². The number of halogens is 4. The van der Waals surface area contributed by atoms with E-state index in [1.54, 1.807) is 16.8 Å². The Morgan fingerprint density at radius 2 is 1.71 bits per heavy atom. The molecule has 4 rings (SSSR count). The number of nitrogens with zero attached hydrogens (tertiary/aromatic N) is 3. The molecule has 0 atom stereocenters. The third kappa shape index (κ3) is 4.63. The molecular weight excluding hydrogens is 451 g/mol. The van der Waals surface area contributed by atoms with Gasteiger partial charge in [-0.05, 0) is 29.8 Å². The Morgan fingerprint density at radius 1 is 1.06 bits per heavy atom. The highest BCUT2D eigenvalue weighted by Crippen LogP contribution is 2.34. The van der Waals surface area contributed by atoms with E-state index in [0.29, 0.717) is 41.4 Å². The zero-order valence-corrected chi connectivity index (χ0v) is 18.1. The molecule has 3 aromatic rings. The highest BCUT2D eigenvalue weighted by atomic mass is 35.5. The lowest BCUT2D eigenvalue weighted by atomic mass is 10.0. The van der Waals surface area contributed by atoms with Crippen LogP contribution in [-0.4, -0.2) is 35.3 Å². The van der Waals surface area contributed by atoms with Crippen molar-refractivity contribution in [1.29, 1.82) is 0 Å². The number of alkyl halides is 3. The summed E-state index contributed by atoms with van der Waals surface area (Å²) >= 11 is 5.95. The number of aromatic nitrogens is 2. The summed E-state index contributed by atoms with van der Waals surface area (Å²) in [5.74, 6) is 0. The molecule has 1 aromatic heterocycles. The molecule has 1 aliphatic heterocycles. The Hall–Kier alpha value is -2.36. The van der Waals surface area contributed by atoms with E-state index in [1.165, 1.54) is 16.4 Å². The van der Waals surface area contributed by atoms with E-state index in [0.717, 1.165) is 29.6 Å². The van der Waals surface area contributed by atoms with E-state index in [-0.39, 0.29) is 6.54 Å². The van der Waals surface area contributed by atoms with Gasteiger partial charge >= 0.3 is 6.18 Å². The van der Waals surface area contributed by atoms with Crippen molar-refractivity contribution in [3.8, 4) is 11.3 Å². The Balaban J connectivity index is 1.77. The van der Waals surface area contributed by atoms with Crippen LogP contribution in [0.4, 0.5) is 13.2 Å². The summed E-state index contributed by atoms with van der Waals surface area (Å²) < 4.78 is 66.2.